The second kappa shape index (κ2) is 1.86. The summed E-state index contributed by atoms with van der Waals surface area (Å²) >= 11 is 0. The first-order chi connectivity index (χ1) is 4.77. The van der Waals surface area contributed by atoms with E-state index in [-0.39, 0.29) is 0 Å². The highest BCUT2D eigenvalue weighted by Gasteiger charge is 2.37. The molecule has 1 aromatic heterocycles. The van der Waals surface area contributed by atoms with Crippen molar-refractivity contribution in [2.24, 2.45) is 5.73 Å². The van der Waals surface area contributed by atoms with Crippen molar-refractivity contribution in [3.63, 3.8) is 0 Å². The summed E-state index contributed by atoms with van der Waals surface area (Å²) in [5.74, 6) is 2.55. The van der Waals surface area contributed by atoms with Crippen LogP contribution in [-0.2, 0) is 0 Å². The topological polar surface area (TPSA) is 39.2 Å². The average Bonchev–Trinajstić information content (AvgIpc) is 2.42. The molecule has 2 N–H and O–H groups in total. The summed E-state index contributed by atoms with van der Waals surface area (Å²) < 4.78 is 5.40. The number of aryl methyl sites for hydroxylation is 1. The lowest BCUT2D eigenvalue weighted by Crippen LogP contribution is -1.99. The normalized spacial score (nSPS) is 30.6. The molecule has 2 unspecified atom stereocenters. The molecule has 1 aliphatic rings. The van der Waals surface area contributed by atoms with Crippen LogP contribution in [-0.4, -0.2) is 6.04 Å². The number of furan rings is 1. The van der Waals surface area contributed by atoms with Crippen LogP contribution in [0.4, 0.5) is 0 Å². The van der Waals surface area contributed by atoms with E-state index in [1.54, 1.807) is 0 Å². The standard InChI is InChI=1S/C8H11NO/c1-5-2-3-8(10-5)6-4-7(6)9/h2-3,6-7H,4,9H2,1H3. The third-order valence-corrected chi connectivity index (χ3v) is 1.97. The van der Waals surface area contributed by atoms with Gasteiger partial charge in [0.2, 0.25) is 0 Å². The molecule has 0 amide bonds. The fourth-order valence-corrected chi connectivity index (χ4v) is 1.19. The largest absolute Gasteiger partial charge is 0.466 e. The van der Waals surface area contributed by atoms with Gasteiger partial charge in [0.25, 0.3) is 0 Å². The lowest BCUT2D eigenvalue weighted by Gasteiger charge is -1.88. The first kappa shape index (κ1) is 5.98. The molecule has 2 atom stereocenters. The van der Waals surface area contributed by atoms with Gasteiger partial charge >= 0.3 is 0 Å². The van der Waals surface area contributed by atoms with E-state index >= 15 is 0 Å². The molecule has 1 fully saturated rings. The van der Waals surface area contributed by atoms with Crippen molar-refractivity contribution in [3.05, 3.63) is 23.7 Å². The quantitative estimate of drug-likeness (QED) is 0.635. The Labute approximate surface area is 60.0 Å². The average molecular weight is 137 g/mol. The van der Waals surface area contributed by atoms with Crippen LogP contribution in [0.25, 0.3) is 0 Å². The Balaban J connectivity index is 2.20. The molecule has 1 aliphatic carbocycles. The Morgan fingerprint density at radius 1 is 1.60 bits per heavy atom. The van der Waals surface area contributed by atoms with E-state index in [1.165, 1.54) is 0 Å². The third-order valence-electron chi connectivity index (χ3n) is 1.97. The molecule has 0 bridgehead atoms. The maximum absolute atomic E-state index is 5.65. The van der Waals surface area contributed by atoms with Crippen molar-refractivity contribution in [1.29, 1.82) is 0 Å². The van der Waals surface area contributed by atoms with Crippen LogP contribution in [0.2, 0.25) is 0 Å². The van der Waals surface area contributed by atoms with E-state index in [9.17, 15) is 0 Å². The number of rotatable bonds is 1. The Hall–Kier alpha value is -0.760. The fraction of sp³-hybridized carbons (Fsp3) is 0.500. The zero-order chi connectivity index (χ0) is 7.14. The van der Waals surface area contributed by atoms with E-state index in [0.29, 0.717) is 12.0 Å². The third kappa shape index (κ3) is 0.847. The molecule has 1 aromatic rings. The Kier molecular flexibility index (Phi) is 1.11. The number of nitrogens with two attached hydrogens (primary N) is 1. The van der Waals surface area contributed by atoms with Crippen LogP contribution in [0.5, 0.6) is 0 Å². The molecule has 54 valence electrons. The second-order valence-electron chi connectivity index (χ2n) is 2.95. The lowest BCUT2D eigenvalue weighted by atomic mass is 10.3. The van der Waals surface area contributed by atoms with Gasteiger partial charge < -0.3 is 10.2 Å². The van der Waals surface area contributed by atoms with Crippen molar-refractivity contribution in [1.82, 2.24) is 0 Å². The van der Waals surface area contributed by atoms with Crippen LogP contribution in [0, 0.1) is 6.92 Å². The second-order valence-corrected chi connectivity index (χ2v) is 2.95. The number of hydrogen-bond donors (Lipinski definition) is 1. The van der Waals surface area contributed by atoms with Gasteiger partial charge in [-0.1, -0.05) is 0 Å². The fourth-order valence-electron chi connectivity index (χ4n) is 1.19. The summed E-state index contributed by atoms with van der Waals surface area (Å²) in [4.78, 5) is 0. The first-order valence-corrected chi connectivity index (χ1v) is 3.59. The van der Waals surface area contributed by atoms with Gasteiger partial charge in [-0.2, -0.15) is 0 Å². The molecule has 1 heterocycles. The monoisotopic (exact) mass is 137 g/mol. The summed E-state index contributed by atoms with van der Waals surface area (Å²) in [7, 11) is 0. The molecule has 2 heteroatoms. The predicted octanol–water partition coefficient (Wildman–Crippen LogP) is 1.40. The first-order valence-electron chi connectivity index (χ1n) is 3.59. The highest BCUT2D eigenvalue weighted by molar-refractivity contribution is 5.19. The SMILES string of the molecule is Cc1ccc(C2CC2N)o1. The van der Waals surface area contributed by atoms with E-state index in [4.69, 9.17) is 10.2 Å². The van der Waals surface area contributed by atoms with Gasteiger partial charge in [0, 0.05) is 12.0 Å². The Bertz CT molecular complexity index is 241. The molecule has 2 nitrogen and oxygen atoms in total. The smallest absolute Gasteiger partial charge is 0.108 e. The van der Waals surface area contributed by atoms with Gasteiger partial charge in [0.1, 0.15) is 11.5 Å². The van der Waals surface area contributed by atoms with Crippen LogP contribution < -0.4 is 5.73 Å². The molecular weight excluding hydrogens is 126 g/mol. The Morgan fingerprint density at radius 3 is 2.70 bits per heavy atom. The van der Waals surface area contributed by atoms with Crippen molar-refractivity contribution in [2.45, 2.75) is 25.3 Å². The van der Waals surface area contributed by atoms with Gasteiger partial charge in [0.15, 0.2) is 0 Å². The van der Waals surface area contributed by atoms with E-state index in [1.807, 2.05) is 19.1 Å². The minimum atomic E-state index is 0.352. The summed E-state index contributed by atoms with van der Waals surface area (Å²) in [6.07, 6.45) is 1.09. The molecule has 1 saturated carbocycles. The van der Waals surface area contributed by atoms with Crippen molar-refractivity contribution in [2.75, 3.05) is 0 Å². The minimum Gasteiger partial charge on any atom is -0.466 e. The molecular formula is C8H11NO. The maximum Gasteiger partial charge on any atom is 0.108 e. The highest BCUT2D eigenvalue weighted by atomic mass is 16.3. The molecule has 10 heavy (non-hydrogen) atoms. The van der Waals surface area contributed by atoms with Crippen molar-refractivity contribution < 1.29 is 4.42 Å². The summed E-state index contributed by atoms with van der Waals surface area (Å²) in [6, 6.07) is 4.36. The highest BCUT2D eigenvalue weighted by Crippen LogP contribution is 2.39. The van der Waals surface area contributed by atoms with E-state index in [2.05, 4.69) is 0 Å². The summed E-state index contributed by atoms with van der Waals surface area (Å²) in [5.41, 5.74) is 5.65. The molecule has 0 spiro atoms. The lowest BCUT2D eigenvalue weighted by molar-refractivity contribution is 0.483. The van der Waals surface area contributed by atoms with Gasteiger partial charge in [0.05, 0.1) is 0 Å². The van der Waals surface area contributed by atoms with Gasteiger partial charge in [-0.3, -0.25) is 0 Å². The molecule has 0 radical (unpaired) electrons. The van der Waals surface area contributed by atoms with Gasteiger partial charge in [-0.15, -0.1) is 0 Å². The zero-order valence-electron chi connectivity index (χ0n) is 6.00. The van der Waals surface area contributed by atoms with Crippen molar-refractivity contribution >= 4 is 0 Å². The van der Waals surface area contributed by atoms with Crippen LogP contribution in [0.3, 0.4) is 0 Å². The molecule has 0 aliphatic heterocycles. The van der Waals surface area contributed by atoms with Crippen LogP contribution in [0.1, 0.15) is 23.9 Å². The van der Waals surface area contributed by atoms with Gasteiger partial charge in [-0.25, -0.2) is 0 Å². The minimum absolute atomic E-state index is 0.352. The van der Waals surface area contributed by atoms with Gasteiger partial charge in [-0.05, 0) is 25.5 Å². The predicted molar refractivity (Wildman–Crippen MR) is 38.8 cm³/mol. The molecule has 2 rings (SSSR count). The Morgan fingerprint density at radius 2 is 2.30 bits per heavy atom. The van der Waals surface area contributed by atoms with Crippen molar-refractivity contribution in [3.8, 4) is 0 Å². The van der Waals surface area contributed by atoms with E-state index < -0.39 is 0 Å². The van der Waals surface area contributed by atoms with Crippen LogP contribution in [0.15, 0.2) is 16.5 Å². The zero-order valence-corrected chi connectivity index (χ0v) is 6.00. The molecule has 0 saturated heterocycles. The maximum atomic E-state index is 5.65. The summed E-state index contributed by atoms with van der Waals surface area (Å²) in [6.45, 7) is 1.96. The number of hydrogen-bond acceptors (Lipinski definition) is 2. The van der Waals surface area contributed by atoms with Crippen LogP contribution >= 0.6 is 0 Å². The summed E-state index contributed by atoms with van der Waals surface area (Å²) in [5, 5.41) is 0. The van der Waals surface area contributed by atoms with E-state index in [0.717, 1.165) is 17.9 Å². The molecule has 0 aromatic carbocycles.